The normalized spacial score (nSPS) is 12.5. The summed E-state index contributed by atoms with van der Waals surface area (Å²) in [6, 6.07) is 0. The minimum Gasteiger partial charge on any atom is -0.462 e. The summed E-state index contributed by atoms with van der Waals surface area (Å²) in [5.41, 5.74) is 0. The zero-order chi connectivity index (χ0) is 52.2. The number of rotatable bonds is 56. The van der Waals surface area contributed by atoms with E-state index in [1.165, 1.54) is 186 Å². The van der Waals surface area contributed by atoms with E-state index >= 15 is 0 Å². The summed E-state index contributed by atoms with van der Waals surface area (Å²) in [6.45, 7) is 6.51. The molecule has 0 saturated heterocycles. The molecule has 1 atom stereocenters. The van der Waals surface area contributed by atoms with E-state index in [2.05, 4.69) is 87.6 Å². The molecular weight excluding hydrogens is 889 g/mol. The molecular formula is C66H116O6. The summed E-state index contributed by atoms with van der Waals surface area (Å²) in [5, 5.41) is 0. The molecule has 0 aromatic rings. The molecule has 0 spiro atoms. The van der Waals surface area contributed by atoms with E-state index in [1.807, 2.05) is 6.08 Å². The van der Waals surface area contributed by atoms with Crippen LogP contribution in [-0.2, 0) is 28.6 Å². The first-order valence-corrected chi connectivity index (χ1v) is 30.9. The first-order chi connectivity index (χ1) is 35.5. The molecule has 0 aromatic heterocycles. The van der Waals surface area contributed by atoms with Crippen molar-refractivity contribution < 1.29 is 28.6 Å². The van der Waals surface area contributed by atoms with E-state index in [4.69, 9.17) is 14.2 Å². The zero-order valence-corrected chi connectivity index (χ0v) is 47.7. The van der Waals surface area contributed by atoms with Crippen LogP contribution in [0.25, 0.3) is 0 Å². The van der Waals surface area contributed by atoms with Crippen LogP contribution in [0.1, 0.15) is 310 Å². The molecule has 1 unspecified atom stereocenters. The van der Waals surface area contributed by atoms with E-state index < -0.39 is 6.10 Å². The third-order valence-corrected chi connectivity index (χ3v) is 13.5. The van der Waals surface area contributed by atoms with E-state index in [9.17, 15) is 14.4 Å². The van der Waals surface area contributed by atoms with Crippen molar-refractivity contribution >= 4 is 17.9 Å². The highest BCUT2D eigenvalue weighted by Crippen LogP contribution is 2.17. The van der Waals surface area contributed by atoms with Crippen molar-refractivity contribution in [3.8, 4) is 0 Å². The number of esters is 3. The van der Waals surface area contributed by atoms with Crippen LogP contribution in [-0.4, -0.2) is 37.2 Å². The lowest BCUT2D eigenvalue weighted by Crippen LogP contribution is -2.30. The van der Waals surface area contributed by atoms with Crippen LogP contribution in [0.2, 0.25) is 0 Å². The monoisotopic (exact) mass is 1000 g/mol. The van der Waals surface area contributed by atoms with Gasteiger partial charge in [-0.3, -0.25) is 14.4 Å². The third-order valence-electron chi connectivity index (χ3n) is 13.5. The molecule has 0 aromatic carbocycles. The van der Waals surface area contributed by atoms with Crippen molar-refractivity contribution in [1.29, 1.82) is 0 Å². The molecule has 0 radical (unpaired) electrons. The number of allylic oxidation sites excluding steroid dienone is 12. The topological polar surface area (TPSA) is 78.9 Å². The van der Waals surface area contributed by atoms with Gasteiger partial charge in [0.05, 0.1) is 0 Å². The maximum absolute atomic E-state index is 12.9. The summed E-state index contributed by atoms with van der Waals surface area (Å²) in [6.07, 6.45) is 77.7. The van der Waals surface area contributed by atoms with Gasteiger partial charge in [0.1, 0.15) is 13.2 Å². The molecule has 0 fully saturated rings. The van der Waals surface area contributed by atoms with Gasteiger partial charge in [-0.15, -0.1) is 0 Å². The molecule has 0 aliphatic rings. The third kappa shape index (κ3) is 57.7. The second-order valence-electron chi connectivity index (χ2n) is 20.6. The highest BCUT2D eigenvalue weighted by molar-refractivity contribution is 5.71. The Morgan fingerprint density at radius 2 is 0.542 bits per heavy atom. The van der Waals surface area contributed by atoms with E-state index in [0.29, 0.717) is 19.3 Å². The molecule has 416 valence electrons. The Balaban J connectivity index is 4.45. The second kappa shape index (κ2) is 60.4. The number of ether oxygens (including phenoxy) is 3. The molecule has 0 heterocycles. The quantitative estimate of drug-likeness (QED) is 0.0261. The summed E-state index contributed by atoms with van der Waals surface area (Å²) < 4.78 is 16.9. The van der Waals surface area contributed by atoms with Gasteiger partial charge in [-0.1, -0.05) is 306 Å². The molecule has 0 bridgehead atoms. The summed E-state index contributed by atoms with van der Waals surface area (Å²) in [5.74, 6) is -0.965. The summed E-state index contributed by atoms with van der Waals surface area (Å²) in [7, 11) is 0. The number of hydrogen-bond acceptors (Lipinski definition) is 6. The number of carbonyl (C=O) groups is 3. The van der Waals surface area contributed by atoms with Gasteiger partial charge in [0.2, 0.25) is 0 Å². The average molecular weight is 1010 g/mol. The molecule has 0 N–H and O–H groups in total. The van der Waals surface area contributed by atoms with E-state index in [-0.39, 0.29) is 37.5 Å². The van der Waals surface area contributed by atoms with Crippen molar-refractivity contribution in [2.24, 2.45) is 0 Å². The lowest BCUT2D eigenvalue weighted by Gasteiger charge is -2.18. The van der Waals surface area contributed by atoms with Crippen molar-refractivity contribution in [3.63, 3.8) is 0 Å². The van der Waals surface area contributed by atoms with Crippen molar-refractivity contribution in [2.75, 3.05) is 13.2 Å². The second-order valence-corrected chi connectivity index (χ2v) is 20.6. The van der Waals surface area contributed by atoms with E-state index in [0.717, 1.165) is 77.0 Å². The van der Waals surface area contributed by atoms with Crippen LogP contribution in [0, 0.1) is 0 Å². The lowest BCUT2D eigenvalue weighted by molar-refractivity contribution is -0.166. The van der Waals surface area contributed by atoms with Crippen LogP contribution < -0.4 is 0 Å². The Morgan fingerprint density at radius 3 is 0.847 bits per heavy atom. The number of unbranched alkanes of at least 4 members (excludes halogenated alkanes) is 33. The molecule has 6 nitrogen and oxygen atoms in total. The summed E-state index contributed by atoms with van der Waals surface area (Å²) >= 11 is 0. The van der Waals surface area contributed by atoms with Gasteiger partial charge in [0, 0.05) is 19.3 Å². The molecule has 0 amide bonds. The maximum atomic E-state index is 12.9. The van der Waals surface area contributed by atoms with Crippen molar-refractivity contribution in [3.05, 3.63) is 72.9 Å². The maximum Gasteiger partial charge on any atom is 0.306 e. The van der Waals surface area contributed by atoms with Crippen molar-refractivity contribution in [2.45, 2.75) is 316 Å². The Hall–Kier alpha value is -3.15. The predicted octanol–water partition coefficient (Wildman–Crippen LogP) is 20.9. The molecule has 0 rings (SSSR count). The van der Waals surface area contributed by atoms with Gasteiger partial charge >= 0.3 is 17.9 Å². The zero-order valence-electron chi connectivity index (χ0n) is 47.7. The predicted molar refractivity (Wildman–Crippen MR) is 311 cm³/mol. The largest absolute Gasteiger partial charge is 0.462 e. The molecule has 72 heavy (non-hydrogen) atoms. The first-order valence-electron chi connectivity index (χ1n) is 30.9. The van der Waals surface area contributed by atoms with Crippen LogP contribution in [0.15, 0.2) is 72.9 Å². The van der Waals surface area contributed by atoms with Crippen LogP contribution in [0.5, 0.6) is 0 Å². The fourth-order valence-corrected chi connectivity index (χ4v) is 8.88. The highest BCUT2D eigenvalue weighted by atomic mass is 16.6. The van der Waals surface area contributed by atoms with Gasteiger partial charge in [0.15, 0.2) is 6.10 Å². The van der Waals surface area contributed by atoms with Gasteiger partial charge in [0.25, 0.3) is 0 Å². The Labute approximate surface area is 446 Å². The minimum absolute atomic E-state index is 0.0942. The van der Waals surface area contributed by atoms with Crippen molar-refractivity contribution in [1.82, 2.24) is 0 Å². The summed E-state index contributed by atoms with van der Waals surface area (Å²) in [4.78, 5) is 38.2. The fourth-order valence-electron chi connectivity index (χ4n) is 8.88. The van der Waals surface area contributed by atoms with Gasteiger partial charge < -0.3 is 14.2 Å². The first kappa shape index (κ1) is 68.8. The molecule has 0 saturated carbocycles. The Bertz CT molecular complexity index is 1340. The molecule has 6 heteroatoms. The van der Waals surface area contributed by atoms with Gasteiger partial charge in [-0.2, -0.15) is 0 Å². The highest BCUT2D eigenvalue weighted by Gasteiger charge is 2.19. The smallest absolute Gasteiger partial charge is 0.306 e. The Kier molecular flexibility index (Phi) is 57.8. The van der Waals surface area contributed by atoms with Crippen LogP contribution in [0.3, 0.4) is 0 Å². The van der Waals surface area contributed by atoms with Gasteiger partial charge in [-0.05, 0) is 57.8 Å². The molecule has 0 aliphatic carbocycles. The lowest BCUT2D eigenvalue weighted by atomic mass is 10.0. The standard InChI is InChI=1S/C66H116O6/c1-4-7-10-13-16-19-22-25-28-31-33-36-38-41-44-47-50-53-56-59-65(68)71-62-63(61-70-64(67)58-55-52-49-46-43-40-37-34-30-27-24-21-18-15-12-9-6-3)72-66(69)60-57-54-51-48-45-42-39-35-32-29-26-23-20-17-14-11-8-5-2/h7,10,16,19,25,28,33,36,41,44,50,53,63H,4-6,8-9,11-15,17-18,20-24,26-27,29-32,34-35,37-40,42-43,45-49,51-52,54-62H2,1-3H3/b10-7-,19-16-,28-25-,36-33-,44-41-,53-50-. The Morgan fingerprint density at radius 1 is 0.292 bits per heavy atom. The average Bonchev–Trinajstić information content (AvgIpc) is 3.38. The minimum atomic E-state index is -0.803. The molecule has 0 aliphatic heterocycles. The number of hydrogen-bond donors (Lipinski definition) is 0. The van der Waals surface area contributed by atoms with E-state index in [1.54, 1.807) is 0 Å². The number of carbonyl (C=O) groups excluding carboxylic acids is 3. The van der Waals surface area contributed by atoms with Gasteiger partial charge in [-0.25, -0.2) is 0 Å². The SMILES string of the molecule is CC/C=C\C/C=C\C/C=C\C/C=C\C/C=C\C/C=C\CCC(=O)OCC(COC(=O)CCCCCCCCCCCCCCCCCCC)OC(=O)CCCCCCCCCCCCCCCCCCCC. The fraction of sp³-hybridized carbons (Fsp3) is 0.773. The van der Waals surface area contributed by atoms with Crippen LogP contribution in [0.4, 0.5) is 0 Å². The van der Waals surface area contributed by atoms with Crippen LogP contribution >= 0.6 is 0 Å².